The van der Waals surface area contributed by atoms with Crippen molar-refractivity contribution in [3.8, 4) is 0 Å². The molecule has 1 aliphatic rings. The van der Waals surface area contributed by atoms with E-state index in [1.807, 2.05) is 16.7 Å². The average molecular weight is 449 g/mol. The summed E-state index contributed by atoms with van der Waals surface area (Å²) in [5.74, 6) is -1.31. The molecule has 0 fully saturated rings. The third-order valence-corrected chi connectivity index (χ3v) is 6.00. The number of hydrogen-bond acceptors (Lipinski definition) is 1. The Morgan fingerprint density at radius 2 is 2.04 bits per heavy atom. The van der Waals surface area contributed by atoms with Crippen molar-refractivity contribution < 1.29 is 14.3 Å². The van der Waals surface area contributed by atoms with Crippen molar-refractivity contribution in [3.05, 3.63) is 75.1 Å². The molecule has 0 spiro atoms. The highest BCUT2D eigenvalue weighted by molar-refractivity contribution is 9.10. The third kappa shape index (κ3) is 3.09. The quantitative estimate of drug-likeness (QED) is 0.515. The molecule has 0 amide bonds. The van der Waals surface area contributed by atoms with Gasteiger partial charge in [-0.05, 0) is 57.8 Å². The summed E-state index contributed by atoms with van der Waals surface area (Å²) < 4.78 is 16.7. The summed E-state index contributed by atoms with van der Waals surface area (Å²) in [6, 6.07) is 10.3. The molecule has 0 saturated heterocycles. The average Bonchev–Trinajstić information content (AvgIpc) is 3.14. The van der Waals surface area contributed by atoms with Gasteiger partial charge in [-0.15, -0.1) is 0 Å². The zero-order valence-electron chi connectivity index (χ0n) is 14.3. The molecule has 4 rings (SSSR count). The first-order valence-electron chi connectivity index (χ1n) is 8.55. The summed E-state index contributed by atoms with van der Waals surface area (Å²) in [4.78, 5) is 11.4. The van der Waals surface area contributed by atoms with Crippen LogP contribution in [0.1, 0.15) is 35.6 Å². The monoisotopic (exact) mass is 447 g/mol. The number of halogens is 3. The first-order chi connectivity index (χ1) is 12.9. The molecule has 1 aliphatic heterocycles. The van der Waals surface area contributed by atoms with E-state index in [0.717, 1.165) is 33.3 Å². The molecule has 0 aliphatic carbocycles. The lowest BCUT2D eigenvalue weighted by atomic mass is 9.90. The molecule has 27 heavy (non-hydrogen) atoms. The Morgan fingerprint density at radius 1 is 1.33 bits per heavy atom. The van der Waals surface area contributed by atoms with Gasteiger partial charge in [0.25, 0.3) is 0 Å². The van der Waals surface area contributed by atoms with Gasteiger partial charge < -0.3 is 9.67 Å². The summed E-state index contributed by atoms with van der Waals surface area (Å²) in [6.07, 6.45) is 0.754. The van der Waals surface area contributed by atoms with Crippen LogP contribution >= 0.6 is 27.5 Å². The van der Waals surface area contributed by atoms with Crippen molar-refractivity contribution in [1.82, 2.24) is 4.57 Å². The summed E-state index contributed by atoms with van der Waals surface area (Å²) in [7, 11) is 0. The van der Waals surface area contributed by atoms with Crippen LogP contribution in [0.3, 0.4) is 0 Å². The van der Waals surface area contributed by atoms with Gasteiger partial charge in [0.1, 0.15) is 5.82 Å². The Kier molecular flexibility index (Phi) is 4.60. The highest BCUT2D eigenvalue weighted by Gasteiger charge is 2.33. The lowest BCUT2D eigenvalue weighted by Gasteiger charge is -2.13. The standard InChI is InChI=1S/C21H16BrClFNO2/c1-11(12-2-4-14(23)5-3-12)19-20-16(22)9-15(24)10-17(20)25-7-6-13(21(19)25)8-18(26)27/h2-5,9-10,13H,1,6-8H2,(H,26,27). The molecule has 1 unspecified atom stereocenters. The molecule has 1 atom stereocenters. The minimum Gasteiger partial charge on any atom is -0.481 e. The second-order valence-corrected chi connectivity index (χ2v) is 8.05. The molecule has 2 aromatic carbocycles. The van der Waals surface area contributed by atoms with E-state index in [-0.39, 0.29) is 18.2 Å². The highest BCUT2D eigenvalue weighted by Crippen LogP contribution is 2.46. The molecule has 0 bridgehead atoms. The molecule has 0 radical (unpaired) electrons. The Balaban J connectivity index is 1.99. The smallest absolute Gasteiger partial charge is 0.304 e. The van der Waals surface area contributed by atoms with Gasteiger partial charge in [0.2, 0.25) is 0 Å². The maximum absolute atomic E-state index is 14.1. The van der Waals surface area contributed by atoms with Crippen LogP contribution in [0.4, 0.5) is 4.39 Å². The van der Waals surface area contributed by atoms with Crippen molar-refractivity contribution in [2.45, 2.75) is 25.3 Å². The SMILES string of the molecule is C=C(c1ccc(Cl)cc1)c1c2n(c3cc(F)cc(Br)c13)CCC2CC(=O)O. The van der Waals surface area contributed by atoms with Crippen LogP contribution in [0.5, 0.6) is 0 Å². The summed E-state index contributed by atoms with van der Waals surface area (Å²) in [6.45, 7) is 4.94. The number of hydrogen-bond donors (Lipinski definition) is 1. The first kappa shape index (κ1) is 18.3. The highest BCUT2D eigenvalue weighted by atomic mass is 79.9. The zero-order valence-corrected chi connectivity index (χ0v) is 16.6. The molecule has 3 aromatic rings. The van der Waals surface area contributed by atoms with Crippen LogP contribution in [0.25, 0.3) is 16.5 Å². The Bertz CT molecular complexity index is 1090. The molecular weight excluding hydrogens is 433 g/mol. The van der Waals surface area contributed by atoms with Gasteiger partial charge in [-0.25, -0.2) is 4.39 Å². The maximum Gasteiger partial charge on any atom is 0.304 e. The van der Waals surface area contributed by atoms with Crippen LogP contribution < -0.4 is 0 Å². The van der Waals surface area contributed by atoms with Gasteiger partial charge in [0.15, 0.2) is 0 Å². The number of aromatic nitrogens is 1. The lowest BCUT2D eigenvalue weighted by Crippen LogP contribution is -2.05. The van der Waals surface area contributed by atoms with E-state index >= 15 is 0 Å². The van der Waals surface area contributed by atoms with E-state index < -0.39 is 5.97 Å². The molecule has 3 nitrogen and oxygen atoms in total. The fourth-order valence-corrected chi connectivity index (χ4v) is 4.76. The number of fused-ring (bicyclic) bond motifs is 3. The van der Waals surface area contributed by atoms with Gasteiger partial charge in [-0.1, -0.05) is 30.3 Å². The Hall–Kier alpha value is -2.11. The van der Waals surface area contributed by atoms with E-state index in [9.17, 15) is 14.3 Å². The van der Waals surface area contributed by atoms with E-state index in [2.05, 4.69) is 22.5 Å². The van der Waals surface area contributed by atoms with E-state index in [4.69, 9.17) is 11.6 Å². The van der Waals surface area contributed by atoms with Crippen LogP contribution in [0, 0.1) is 5.82 Å². The summed E-state index contributed by atoms with van der Waals surface area (Å²) >= 11 is 9.50. The lowest BCUT2D eigenvalue weighted by molar-refractivity contribution is -0.137. The largest absolute Gasteiger partial charge is 0.481 e. The topological polar surface area (TPSA) is 42.2 Å². The molecule has 1 N–H and O–H groups in total. The summed E-state index contributed by atoms with van der Waals surface area (Å²) in [5.41, 5.74) is 4.22. The normalized spacial score (nSPS) is 15.9. The number of carboxylic acids is 1. The van der Waals surface area contributed by atoms with Gasteiger partial charge in [-0.2, -0.15) is 0 Å². The van der Waals surface area contributed by atoms with Crippen LogP contribution in [-0.4, -0.2) is 15.6 Å². The number of aliphatic carboxylic acids is 1. The predicted molar refractivity (Wildman–Crippen MR) is 109 cm³/mol. The Labute approximate surface area is 169 Å². The Morgan fingerprint density at radius 3 is 2.70 bits per heavy atom. The fraction of sp³-hybridized carbons (Fsp3) is 0.190. The molecule has 0 saturated carbocycles. The zero-order chi connectivity index (χ0) is 19.3. The molecular formula is C21H16BrClFNO2. The van der Waals surface area contributed by atoms with Crippen molar-refractivity contribution in [1.29, 1.82) is 0 Å². The number of carboxylic acid groups (broad SMARTS) is 1. The minimum atomic E-state index is -0.841. The van der Waals surface area contributed by atoms with Gasteiger partial charge >= 0.3 is 5.97 Å². The van der Waals surface area contributed by atoms with E-state index in [1.165, 1.54) is 12.1 Å². The molecule has 138 valence electrons. The van der Waals surface area contributed by atoms with E-state index in [1.54, 1.807) is 12.1 Å². The van der Waals surface area contributed by atoms with Gasteiger partial charge in [0, 0.05) is 38.6 Å². The van der Waals surface area contributed by atoms with E-state index in [0.29, 0.717) is 22.5 Å². The maximum atomic E-state index is 14.1. The molecule has 2 heterocycles. The fourth-order valence-electron chi connectivity index (χ4n) is 4.01. The second-order valence-electron chi connectivity index (χ2n) is 6.76. The number of aryl methyl sites for hydroxylation is 1. The van der Waals surface area contributed by atoms with Crippen LogP contribution in [-0.2, 0) is 11.3 Å². The number of rotatable bonds is 4. The first-order valence-corrected chi connectivity index (χ1v) is 9.72. The summed E-state index contributed by atoms with van der Waals surface area (Å²) in [5, 5.41) is 10.8. The van der Waals surface area contributed by atoms with Gasteiger partial charge in [-0.3, -0.25) is 4.79 Å². The molecule has 1 aromatic heterocycles. The van der Waals surface area contributed by atoms with Crippen molar-refractivity contribution in [2.75, 3.05) is 0 Å². The number of carbonyl (C=O) groups is 1. The molecule has 6 heteroatoms. The van der Waals surface area contributed by atoms with Crippen molar-refractivity contribution in [3.63, 3.8) is 0 Å². The van der Waals surface area contributed by atoms with Crippen molar-refractivity contribution >= 4 is 50.0 Å². The predicted octanol–water partition coefficient (Wildman–Crippen LogP) is 6.22. The van der Waals surface area contributed by atoms with Crippen LogP contribution in [0.15, 0.2) is 47.4 Å². The number of nitrogens with zero attached hydrogens (tertiary/aromatic N) is 1. The van der Waals surface area contributed by atoms with Crippen molar-refractivity contribution in [2.24, 2.45) is 0 Å². The second kappa shape index (κ2) is 6.80. The number of benzene rings is 2. The van der Waals surface area contributed by atoms with Gasteiger partial charge in [0.05, 0.1) is 11.9 Å². The minimum absolute atomic E-state index is 0.0390. The van der Waals surface area contributed by atoms with Crippen LogP contribution in [0.2, 0.25) is 5.02 Å². The third-order valence-electron chi connectivity index (χ3n) is 5.13.